The maximum Gasteiger partial charge on any atom is 0.260 e. The van der Waals surface area contributed by atoms with Crippen LogP contribution in [0.4, 0.5) is 0 Å². The van der Waals surface area contributed by atoms with E-state index < -0.39 is 0 Å². The van der Waals surface area contributed by atoms with Crippen molar-refractivity contribution in [1.29, 1.82) is 0 Å². The van der Waals surface area contributed by atoms with Gasteiger partial charge in [0.15, 0.2) is 6.61 Å². The molecule has 1 aromatic rings. The second-order valence-corrected chi connectivity index (χ2v) is 5.85. The first-order valence-electron chi connectivity index (χ1n) is 6.26. The third kappa shape index (κ3) is 3.70. The molecule has 2 rings (SSSR count). The molecule has 1 aliphatic rings. The lowest BCUT2D eigenvalue weighted by atomic mass is 10.2. The van der Waals surface area contributed by atoms with Crippen molar-refractivity contribution in [1.82, 2.24) is 10.2 Å². The van der Waals surface area contributed by atoms with Crippen molar-refractivity contribution in [3.63, 3.8) is 0 Å². The molecule has 1 heterocycles. The Hall–Kier alpha value is -0.680. The zero-order chi connectivity index (χ0) is 14.7. The molecule has 1 amide bonds. The third-order valence-electron chi connectivity index (χ3n) is 3.15. The minimum Gasteiger partial charge on any atom is -0.482 e. The summed E-state index contributed by atoms with van der Waals surface area (Å²) in [5.41, 5.74) is 0. The number of hydrogen-bond acceptors (Lipinski definition) is 3. The van der Waals surface area contributed by atoms with Gasteiger partial charge in [-0.25, -0.2) is 0 Å². The van der Waals surface area contributed by atoms with Gasteiger partial charge in [-0.3, -0.25) is 4.79 Å². The lowest BCUT2D eigenvalue weighted by molar-refractivity contribution is -0.136. The summed E-state index contributed by atoms with van der Waals surface area (Å²) in [7, 11) is 0. The fraction of sp³-hybridized carbons (Fsp3) is 0.462. The first-order valence-corrected chi connectivity index (χ1v) is 7.40. The molecule has 0 saturated carbocycles. The van der Waals surface area contributed by atoms with E-state index >= 15 is 0 Å². The Morgan fingerprint density at radius 2 is 2.05 bits per heavy atom. The Kier molecular flexibility index (Phi) is 5.38. The molecule has 4 nitrogen and oxygen atoms in total. The molecular formula is C13H15Cl3N2O2. The molecule has 0 spiro atoms. The Labute approximate surface area is 132 Å². The summed E-state index contributed by atoms with van der Waals surface area (Å²) < 4.78 is 5.45. The second kappa shape index (κ2) is 6.85. The summed E-state index contributed by atoms with van der Waals surface area (Å²) in [6.45, 7) is 4.19. The smallest absolute Gasteiger partial charge is 0.260 e. The monoisotopic (exact) mass is 336 g/mol. The van der Waals surface area contributed by atoms with E-state index in [0.29, 0.717) is 27.4 Å². The quantitative estimate of drug-likeness (QED) is 0.862. The van der Waals surface area contributed by atoms with Crippen LogP contribution in [0.5, 0.6) is 5.75 Å². The zero-order valence-electron chi connectivity index (χ0n) is 11.0. The van der Waals surface area contributed by atoms with Crippen LogP contribution in [0.1, 0.15) is 6.92 Å². The predicted molar refractivity (Wildman–Crippen MR) is 81.0 cm³/mol. The van der Waals surface area contributed by atoms with Gasteiger partial charge >= 0.3 is 0 Å². The molecule has 1 aliphatic heterocycles. The molecule has 1 aromatic carbocycles. The van der Waals surface area contributed by atoms with Crippen LogP contribution in [0.3, 0.4) is 0 Å². The molecule has 110 valence electrons. The first-order chi connectivity index (χ1) is 9.49. The van der Waals surface area contributed by atoms with E-state index in [1.54, 1.807) is 4.90 Å². The molecule has 1 atom stereocenters. The Bertz CT molecular complexity index is 511. The summed E-state index contributed by atoms with van der Waals surface area (Å²) in [6, 6.07) is 3.17. The number of amides is 1. The van der Waals surface area contributed by atoms with Gasteiger partial charge in [-0.1, -0.05) is 34.8 Å². The van der Waals surface area contributed by atoms with E-state index in [4.69, 9.17) is 39.5 Å². The largest absolute Gasteiger partial charge is 0.482 e. The predicted octanol–water partition coefficient (Wildman–Crippen LogP) is 2.85. The lowest BCUT2D eigenvalue weighted by Gasteiger charge is -2.33. The van der Waals surface area contributed by atoms with Crippen LogP contribution in [-0.4, -0.2) is 43.1 Å². The first kappa shape index (κ1) is 15.7. The summed E-state index contributed by atoms with van der Waals surface area (Å²) in [5.74, 6) is 0.290. The van der Waals surface area contributed by atoms with Gasteiger partial charge in [0.2, 0.25) is 0 Å². The number of piperazine rings is 1. The average Bonchev–Trinajstić information content (AvgIpc) is 2.41. The molecule has 0 bridgehead atoms. The summed E-state index contributed by atoms with van der Waals surface area (Å²) in [4.78, 5) is 13.9. The number of nitrogens with one attached hydrogen (secondary N) is 1. The topological polar surface area (TPSA) is 41.6 Å². The van der Waals surface area contributed by atoms with Crippen LogP contribution in [0.25, 0.3) is 0 Å². The number of ether oxygens (including phenoxy) is 1. The van der Waals surface area contributed by atoms with E-state index in [0.717, 1.165) is 13.1 Å². The molecule has 0 radical (unpaired) electrons. The van der Waals surface area contributed by atoms with Crippen molar-refractivity contribution in [2.24, 2.45) is 0 Å². The lowest BCUT2D eigenvalue weighted by Crippen LogP contribution is -2.53. The number of benzene rings is 1. The van der Waals surface area contributed by atoms with Crippen LogP contribution in [-0.2, 0) is 4.79 Å². The van der Waals surface area contributed by atoms with Crippen LogP contribution < -0.4 is 10.1 Å². The van der Waals surface area contributed by atoms with Gasteiger partial charge in [-0.15, -0.1) is 0 Å². The number of hydrogen-bond donors (Lipinski definition) is 1. The van der Waals surface area contributed by atoms with Crippen molar-refractivity contribution in [2.75, 3.05) is 26.2 Å². The fourth-order valence-electron chi connectivity index (χ4n) is 2.05. The van der Waals surface area contributed by atoms with Crippen LogP contribution in [0.15, 0.2) is 12.1 Å². The minimum absolute atomic E-state index is 0.0674. The maximum absolute atomic E-state index is 12.1. The molecule has 1 saturated heterocycles. The highest BCUT2D eigenvalue weighted by Crippen LogP contribution is 2.33. The van der Waals surface area contributed by atoms with Gasteiger partial charge in [0.05, 0.1) is 15.1 Å². The normalized spacial score (nSPS) is 19.0. The molecule has 1 fully saturated rings. The van der Waals surface area contributed by atoms with Crippen molar-refractivity contribution in [2.45, 2.75) is 13.0 Å². The SMILES string of the molecule is CC1CNCCN1C(=O)COc1cc(Cl)c(Cl)cc1Cl. The van der Waals surface area contributed by atoms with E-state index in [9.17, 15) is 4.79 Å². The van der Waals surface area contributed by atoms with Gasteiger partial charge in [0, 0.05) is 31.7 Å². The van der Waals surface area contributed by atoms with Gasteiger partial charge in [0.25, 0.3) is 5.91 Å². The molecular weight excluding hydrogens is 323 g/mol. The molecule has 1 unspecified atom stereocenters. The molecule has 0 aliphatic carbocycles. The van der Waals surface area contributed by atoms with Crippen molar-refractivity contribution >= 4 is 40.7 Å². The van der Waals surface area contributed by atoms with E-state index in [-0.39, 0.29) is 18.6 Å². The Balaban J connectivity index is 1.98. The number of carbonyl (C=O) groups is 1. The van der Waals surface area contributed by atoms with Gasteiger partial charge < -0.3 is 15.0 Å². The third-order valence-corrected chi connectivity index (χ3v) is 4.17. The highest BCUT2D eigenvalue weighted by Gasteiger charge is 2.23. The molecule has 1 N–H and O–H groups in total. The van der Waals surface area contributed by atoms with Crippen LogP contribution in [0, 0.1) is 0 Å². The molecule has 0 aromatic heterocycles. The average molecular weight is 338 g/mol. The fourth-order valence-corrected chi connectivity index (χ4v) is 2.64. The van der Waals surface area contributed by atoms with Crippen LogP contribution in [0.2, 0.25) is 15.1 Å². The van der Waals surface area contributed by atoms with Gasteiger partial charge in [0.1, 0.15) is 5.75 Å². The standard InChI is InChI=1S/C13H15Cl3N2O2/c1-8-6-17-2-3-18(8)13(19)7-20-12-5-10(15)9(14)4-11(12)16/h4-5,8,17H,2-3,6-7H2,1H3. The van der Waals surface area contributed by atoms with Crippen molar-refractivity contribution < 1.29 is 9.53 Å². The number of carbonyl (C=O) groups excluding carboxylic acids is 1. The summed E-state index contributed by atoms with van der Waals surface area (Å²) >= 11 is 17.7. The number of halogens is 3. The minimum atomic E-state index is -0.0684. The zero-order valence-corrected chi connectivity index (χ0v) is 13.2. The Morgan fingerprint density at radius 3 is 2.75 bits per heavy atom. The van der Waals surface area contributed by atoms with Crippen LogP contribution >= 0.6 is 34.8 Å². The highest BCUT2D eigenvalue weighted by atomic mass is 35.5. The van der Waals surface area contributed by atoms with Gasteiger partial charge in [-0.05, 0) is 13.0 Å². The number of rotatable bonds is 3. The maximum atomic E-state index is 12.1. The van der Waals surface area contributed by atoms with E-state index in [1.807, 2.05) is 6.92 Å². The molecule has 7 heteroatoms. The van der Waals surface area contributed by atoms with E-state index in [2.05, 4.69) is 5.32 Å². The molecule has 20 heavy (non-hydrogen) atoms. The van der Waals surface area contributed by atoms with Crippen molar-refractivity contribution in [3.8, 4) is 5.75 Å². The second-order valence-electron chi connectivity index (χ2n) is 4.63. The summed E-state index contributed by atoms with van der Waals surface area (Å²) in [6.07, 6.45) is 0. The summed E-state index contributed by atoms with van der Waals surface area (Å²) in [5, 5.41) is 4.26. The highest BCUT2D eigenvalue weighted by molar-refractivity contribution is 6.43. The van der Waals surface area contributed by atoms with E-state index in [1.165, 1.54) is 12.1 Å². The Morgan fingerprint density at radius 1 is 1.35 bits per heavy atom. The van der Waals surface area contributed by atoms with Crippen molar-refractivity contribution in [3.05, 3.63) is 27.2 Å². The van der Waals surface area contributed by atoms with Gasteiger partial charge in [-0.2, -0.15) is 0 Å². The number of nitrogens with zero attached hydrogens (tertiary/aromatic N) is 1.